The van der Waals surface area contributed by atoms with Crippen LogP contribution in [-0.2, 0) is 6.54 Å². The predicted molar refractivity (Wildman–Crippen MR) is 146 cm³/mol. The average molecular weight is 511 g/mol. The molecule has 5 rings (SSSR count). The van der Waals surface area contributed by atoms with Crippen LogP contribution in [0.4, 0.5) is 5.82 Å². The summed E-state index contributed by atoms with van der Waals surface area (Å²) in [6.07, 6.45) is 10.1. The number of nitriles is 1. The second-order valence-corrected chi connectivity index (χ2v) is 9.17. The summed E-state index contributed by atoms with van der Waals surface area (Å²) in [6, 6.07) is 9.97. The lowest BCUT2D eigenvalue weighted by Gasteiger charge is -2.35. The molecule has 0 radical (unpaired) electrons. The minimum atomic E-state index is -0.420. The first-order valence-corrected chi connectivity index (χ1v) is 12.5. The summed E-state index contributed by atoms with van der Waals surface area (Å²) >= 11 is 0. The molecular formula is C27H30N10O. The molecule has 0 spiro atoms. The van der Waals surface area contributed by atoms with Crippen LogP contribution in [0.2, 0.25) is 0 Å². The van der Waals surface area contributed by atoms with Crippen molar-refractivity contribution in [3.05, 3.63) is 71.5 Å². The van der Waals surface area contributed by atoms with Gasteiger partial charge in [-0.05, 0) is 17.7 Å². The summed E-state index contributed by atoms with van der Waals surface area (Å²) in [5, 5.41) is 26.6. The van der Waals surface area contributed by atoms with Gasteiger partial charge in [-0.25, -0.2) is 15.0 Å². The SMILES string of the molecule is CN/C=C(\C=N)C1=CN2N=CC(C#N)C2C(c2ccc(N3CCN(Cc4ccc(OC)nc4)CC3)nc2)=N1. The lowest BCUT2D eigenvalue weighted by Crippen LogP contribution is -2.46. The second kappa shape index (κ2) is 11.2. The van der Waals surface area contributed by atoms with Gasteiger partial charge in [-0.3, -0.25) is 9.91 Å². The number of nitrogens with one attached hydrogen (secondary N) is 2. The van der Waals surface area contributed by atoms with Crippen LogP contribution in [0.25, 0.3) is 0 Å². The summed E-state index contributed by atoms with van der Waals surface area (Å²) in [4.78, 5) is 18.6. The maximum atomic E-state index is 9.69. The summed E-state index contributed by atoms with van der Waals surface area (Å²) in [6.45, 7) is 4.47. The van der Waals surface area contributed by atoms with Crippen molar-refractivity contribution in [2.45, 2.75) is 12.6 Å². The van der Waals surface area contributed by atoms with E-state index in [1.165, 1.54) is 11.8 Å². The van der Waals surface area contributed by atoms with Gasteiger partial charge in [0, 0.05) is 88.0 Å². The number of ether oxygens (including phenoxy) is 1. The Morgan fingerprint density at radius 3 is 2.66 bits per heavy atom. The molecule has 3 aliphatic heterocycles. The van der Waals surface area contributed by atoms with Gasteiger partial charge in [0.2, 0.25) is 5.88 Å². The number of piperazine rings is 1. The van der Waals surface area contributed by atoms with Gasteiger partial charge in [-0.2, -0.15) is 10.4 Å². The monoisotopic (exact) mass is 510 g/mol. The van der Waals surface area contributed by atoms with Crippen LogP contribution in [0, 0.1) is 22.7 Å². The van der Waals surface area contributed by atoms with Gasteiger partial charge in [-0.1, -0.05) is 6.07 Å². The molecule has 3 aliphatic rings. The molecule has 2 N–H and O–H groups in total. The van der Waals surface area contributed by atoms with Gasteiger partial charge >= 0.3 is 0 Å². The fraction of sp³-hybridized carbons (Fsp3) is 0.333. The first-order valence-electron chi connectivity index (χ1n) is 12.5. The Bertz CT molecular complexity index is 1320. The number of methoxy groups -OCH3 is 1. The molecule has 1 fully saturated rings. The Balaban J connectivity index is 1.29. The fourth-order valence-electron chi connectivity index (χ4n) is 4.79. The number of fused-ring (bicyclic) bond motifs is 1. The van der Waals surface area contributed by atoms with Crippen molar-refractivity contribution < 1.29 is 4.74 Å². The van der Waals surface area contributed by atoms with E-state index in [2.05, 4.69) is 37.3 Å². The first-order chi connectivity index (χ1) is 18.6. The average Bonchev–Trinajstić information content (AvgIpc) is 3.39. The Labute approximate surface area is 222 Å². The zero-order valence-corrected chi connectivity index (χ0v) is 21.4. The van der Waals surface area contributed by atoms with Crippen LogP contribution in [-0.4, -0.2) is 84.4 Å². The largest absolute Gasteiger partial charge is 0.481 e. The van der Waals surface area contributed by atoms with Gasteiger partial charge in [0.1, 0.15) is 17.8 Å². The zero-order valence-electron chi connectivity index (χ0n) is 21.4. The topological polar surface area (TPSA) is 129 Å². The highest BCUT2D eigenvalue weighted by molar-refractivity contribution is 6.08. The Hall–Kier alpha value is -4.56. The quantitative estimate of drug-likeness (QED) is 0.516. The van der Waals surface area contributed by atoms with E-state index >= 15 is 0 Å². The highest BCUT2D eigenvalue weighted by Crippen LogP contribution is 2.30. The molecule has 0 amide bonds. The third-order valence-corrected chi connectivity index (χ3v) is 6.81. The summed E-state index contributed by atoms with van der Waals surface area (Å²) in [7, 11) is 3.40. The summed E-state index contributed by atoms with van der Waals surface area (Å²) < 4.78 is 5.15. The number of hydrazone groups is 1. The van der Waals surface area contributed by atoms with E-state index in [1.54, 1.807) is 37.8 Å². The van der Waals surface area contributed by atoms with Crippen molar-refractivity contribution in [3.8, 4) is 11.9 Å². The molecule has 2 aromatic rings. The molecule has 11 nitrogen and oxygen atoms in total. The van der Waals surface area contributed by atoms with Gasteiger partial charge in [0.25, 0.3) is 0 Å². The summed E-state index contributed by atoms with van der Waals surface area (Å²) in [5.74, 6) is 1.12. The number of aromatic nitrogens is 2. The molecule has 2 aromatic heterocycles. The van der Waals surface area contributed by atoms with Crippen LogP contribution in [0.15, 0.2) is 70.4 Å². The van der Waals surface area contributed by atoms with Gasteiger partial charge in [-0.15, -0.1) is 0 Å². The van der Waals surface area contributed by atoms with E-state index < -0.39 is 5.92 Å². The maximum Gasteiger partial charge on any atom is 0.212 e. The number of nitrogens with zero attached hydrogens (tertiary/aromatic N) is 8. The normalized spacial score (nSPS) is 21.3. The van der Waals surface area contributed by atoms with Crippen molar-refractivity contribution in [2.24, 2.45) is 16.0 Å². The molecule has 0 aliphatic carbocycles. The standard InChI is InChI=1S/C27H30N10O/c1-30-14-21(11-28)23-18-37-27(22(12-29)16-33-37)26(34-23)20-4-5-24(31-15-20)36-9-7-35(8-10-36)17-19-3-6-25(38-2)32-13-19/h3-6,11,13-16,18,22,27-28,30H,7-10,17H2,1-2H3/b21-14+,28-11?. The molecule has 194 valence electrons. The van der Waals surface area contributed by atoms with Gasteiger partial charge in [0.05, 0.1) is 30.8 Å². The smallest absolute Gasteiger partial charge is 0.212 e. The fourth-order valence-corrected chi connectivity index (χ4v) is 4.79. The predicted octanol–water partition coefficient (Wildman–Crippen LogP) is 2.01. The number of anilines is 1. The maximum absolute atomic E-state index is 9.69. The number of hydrogen-bond acceptors (Lipinski definition) is 11. The van der Waals surface area contributed by atoms with Gasteiger partial charge < -0.3 is 20.4 Å². The van der Waals surface area contributed by atoms with E-state index in [0.717, 1.165) is 44.1 Å². The molecule has 2 unspecified atom stereocenters. The first kappa shape index (κ1) is 25.1. The van der Waals surface area contributed by atoms with Crippen LogP contribution in [0.5, 0.6) is 5.88 Å². The van der Waals surface area contributed by atoms with E-state index in [1.807, 2.05) is 30.6 Å². The second-order valence-electron chi connectivity index (χ2n) is 9.17. The molecule has 0 aromatic carbocycles. The van der Waals surface area contributed by atoms with Crippen LogP contribution in [0.3, 0.4) is 0 Å². The highest BCUT2D eigenvalue weighted by Gasteiger charge is 2.38. The van der Waals surface area contributed by atoms with E-state index in [-0.39, 0.29) is 6.04 Å². The molecule has 0 bridgehead atoms. The number of rotatable bonds is 8. The van der Waals surface area contributed by atoms with E-state index in [4.69, 9.17) is 20.1 Å². The lowest BCUT2D eigenvalue weighted by atomic mass is 9.93. The number of aliphatic imine (C=N–C) groups is 1. The number of pyridine rings is 2. The van der Waals surface area contributed by atoms with Crippen LogP contribution >= 0.6 is 0 Å². The number of allylic oxidation sites excluding steroid dienone is 1. The Kier molecular flexibility index (Phi) is 7.42. The molecular weight excluding hydrogens is 480 g/mol. The van der Waals surface area contributed by atoms with Crippen LogP contribution in [0.1, 0.15) is 11.1 Å². The molecule has 1 saturated heterocycles. The van der Waals surface area contributed by atoms with Crippen molar-refractivity contribution in [3.63, 3.8) is 0 Å². The minimum Gasteiger partial charge on any atom is -0.481 e. The molecule has 38 heavy (non-hydrogen) atoms. The zero-order chi connectivity index (χ0) is 26.5. The third kappa shape index (κ3) is 5.12. The molecule has 11 heteroatoms. The Morgan fingerprint density at radius 2 is 2.03 bits per heavy atom. The van der Waals surface area contributed by atoms with E-state index in [0.29, 0.717) is 22.9 Å². The Morgan fingerprint density at radius 1 is 1.18 bits per heavy atom. The lowest BCUT2D eigenvalue weighted by molar-refractivity contribution is 0.249. The van der Waals surface area contributed by atoms with Crippen molar-refractivity contribution >= 4 is 24.0 Å². The van der Waals surface area contributed by atoms with E-state index in [9.17, 15) is 5.26 Å². The van der Waals surface area contributed by atoms with Crippen molar-refractivity contribution in [1.82, 2.24) is 25.2 Å². The summed E-state index contributed by atoms with van der Waals surface area (Å²) in [5.41, 5.74) is 3.93. The van der Waals surface area contributed by atoms with Crippen molar-refractivity contribution in [1.29, 1.82) is 10.7 Å². The number of hydrogen-bond donors (Lipinski definition) is 2. The minimum absolute atomic E-state index is 0.325. The highest BCUT2D eigenvalue weighted by atomic mass is 16.5. The van der Waals surface area contributed by atoms with Gasteiger partial charge in [0.15, 0.2) is 0 Å². The molecule has 5 heterocycles. The molecule has 0 saturated carbocycles. The van der Waals surface area contributed by atoms with Crippen molar-refractivity contribution in [2.75, 3.05) is 45.2 Å². The van der Waals surface area contributed by atoms with Crippen LogP contribution < -0.4 is 15.0 Å². The third-order valence-electron chi connectivity index (χ3n) is 6.81. The molecule has 2 atom stereocenters.